The maximum Gasteiger partial charge on any atom is 0.533 e. The molecule has 3 aromatic rings. The molecule has 128 valence electrons. The molecule has 3 aromatic carbocycles. The number of benzene rings is 3. The SMILES string of the molecule is O=[N+]([O-])C(OP(=O)(O)Oc1cccc2ccccc12)c1ccccc1. The molecule has 3 rings (SSSR count). The van der Waals surface area contributed by atoms with Crippen LogP contribution in [-0.2, 0) is 9.09 Å². The van der Waals surface area contributed by atoms with Crippen molar-refractivity contribution in [1.29, 1.82) is 0 Å². The van der Waals surface area contributed by atoms with E-state index in [1.54, 1.807) is 36.4 Å². The summed E-state index contributed by atoms with van der Waals surface area (Å²) >= 11 is 0. The number of phosphoric acid groups is 1. The highest BCUT2D eigenvalue weighted by atomic mass is 31.2. The Balaban J connectivity index is 1.88. The first-order valence-electron chi connectivity index (χ1n) is 7.33. The van der Waals surface area contributed by atoms with Crippen molar-refractivity contribution >= 4 is 18.6 Å². The van der Waals surface area contributed by atoms with Crippen LogP contribution < -0.4 is 4.52 Å². The zero-order valence-corrected chi connectivity index (χ0v) is 13.8. The molecular formula is C17H14NO6P. The zero-order valence-electron chi connectivity index (χ0n) is 12.9. The largest absolute Gasteiger partial charge is 0.533 e. The van der Waals surface area contributed by atoms with Crippen LogP contribution in [-0.4, -0.2) is 9.82 Å². The van der Waals surface area contributed by atoms with Gasteiger partial charge in [-0.25, -0.2) is 9.09 Å². The number of hydrogen-bond donors (Lipinski definition) is 1. The lowest BCUT2D eigenvalue weighted by atomic mass is 10.1. The van der Waals surface area contributed by atoms with E-state index in [1.807, 2.05) is 18.2 Å². The molecule has 0 saturated carbocycles. The summed E-state index contributed by atoms with van der Waals surface area (Å²) in [6.07, 6.45) is -1.81. The zero-order chi connectivity index (χ0) is 17.9. The quantitative estimate of drug-likeness (QED) is 0.305. The average Bonchev–Trinajstić information content (AvgIpc) is 2.60. The highest BCUT2D eigenvalue weighted by molar-refractivity contribution is 7.47. The summed E-state index contributed by atoms with van der Waals surface area (Å²) in [6.45, 7) is 0. The number of nitrogens with zero attached hydrogens (tertiary/aromatic N) is 1. The summed E-state index contributed by atoms with van der Waals surface area (Å²) in [5.41, 5.74) is 0.142. The molecule has 8 heteroatoms. The van der Waals surface area contributed by atoms with Crippen LogP contribution in [0.1, 0.15) is 11.8 Å². The van der Waals surface area contributed by atoms with Gasteiger partial charge in [-0.05, 0) is 23.6 Å². The van der Waals surface area contributed by atoms with E-state index in [0.29, 0.717) is 5.39 Å². The van der Waals surface area contributed by atoms with Crippen molar-refractivity contribution in [1.82, 2.24) is 0 Å². The summed E-state index contributed by atoms with van der Waals surface area (Å²) in [5.74, 6) is 0.110. The maximum absolute atomic E-state index is 12.3. The molecule has 0 amide bonds. The third kappa shape index (κ3) is 4.03. The molecule has 0 aliphatic heterocycles. The van der Waals surface area contributed by atoms with Crippen LogP contribution in [0.2, 0.25) is 0 Å². The third-order valence-electron chi connectivity index (χ3n) is 3.47. The number of nitro groups is 1. The standard InChI is InChI=1S/C17H14NO6P/c19-18(20)17(14-8-2-1-3-9-14)24-25(21,22)23-16-12-6-10-13-7-4-5-11-15(13)16/h1-12,17H,(H,21,22). The number of fused-ring (bicyclic) bond motifs is 1. The molecule has 0 aliphatic carbocycles. The second-order valence-electron chi connectivity index (χ2n) is 5.19. The van der Waals surface area contributed by atoms with E-state index < -0.39 is 19.0 Å². The van der Waals surface area contributed by atoms with Gasteiger partial charge in [-0.2, -0.15) is 0 Å². The minimum atomic E-state index is -4.74. The molecule has 0 aliphatic rings. The van der Waals surface area contributed by atoms with E-state index in [4.69, 9.17) is 9.05 Å². The predicted molar refractivity (Wildman–Crippen MR) is 91.7 cm³/mol. The van der Waals surface area contributed by atoms with Gasteiger partial charge < -0.3 is 4.52 Å². The average molecular weight is 359 g/mol. The van der Waals surface area contributed by atoms with Crippen LogP contribution in [0.25, 0.3) is 10.8 Å². The van der Waals surface area contributed by atoms with Crippen molar-refractivity contribution in [2.75, 3.05) is 0 Å². The van der Waals surface area contributed by atoms with Crippen LogP contribution in [0, 0.1) is 10.1 Å². The highest BCUT2D eigenvalue weighted by Crippen LogP contribution is 2.49. The molecule has 0 fully saturated rings. The van der Waals surface area contributed by atoms with Crippen molar-refractivity contribution in [2.24, 2.45) is 0 Å². The van der Waals surface area contributed by atoms with Gasteiger partial charge in [0, 0.05) is 5.39 Å². The van der Waals surface area contributed by atoms with E-state index in [2.05, 4.69) is 0 Å². The summed E-state index contributed by atoms with van der Waals surface area (Å²) in [7, 11) is -4.74. The lowest BCUT2D eigenvalue weighted by Gasteiger charge is -2.17. The Bertz CT molecular complexity index is 941. The monoisotopic (exact) mass is 359 g/mol. The van der Waals surface area contributed by atoms with E-state index >= 15 is 0 Å². The van der Waals surface area contributed by atoms with Crippen LogP contribution in [0.5, 0.6) is 5.75 Å². The van der Waals surface area contributed by atoms with Crippen molar-refractivity contribution in [2.45, 2.75) is 6.23 Å². The van der Waals surface area contributed by atoms with Crippen LogP contribution >= 0.6 is 7.82 Å². The van der Waals surface area contributed by atoms with Gasteiger partial charge in [-0.3, -0.25) is 15.0 Å². The highest BCUT2D eigenvalue weighted by Gasteiger charge is 2.36. The van der Waals surface area contributed by atoms with E-state index in [0.717, 1.165) is 5.39 Å². The Morgan fingerprint density at radius 2 is 1.60 bits per heavy atom. The van der Waals surface area contributed by atoms with Gasteiger partial charge in [0.05, 0.1) is 10.5 Å². The second kappa shape index (κ2) is 7.03. The first kappa shape index (κ1) is 17.1. The normalized spacial score (nSPS) is 14.6. The minimum absolute atomic E-state index is 0.110. The molecule has 0 heterocycles. The fraction of sp³-hybridized carbons (Fsp3) is 0.0588. The molecule has 25 heavy (non-hydrogen) atoms. The van der Waals surface area contributed by atoms with Gasteiger partial charge in [0.1, 0.15) is 5.75 Å². The Labute approximate surface area is 143 Å². The number of hydrogen-bond acceptors (Lipinski definition) is 5. The second-order valence-corrected chi connectivity index (χ2v) is 6.52. The van der Waals surface area contributed by atoms with Gasteiger partial charge in [0.2, 0.25) is 0 Å². The molecule has 0 aromatic heterocycles. The summed E-state index contributed by atoms with van der Waals surface area (Å²) in [5, 5.41) is 12.6. The van der Waals surface area contributed by atoms with Gasteiger partial charge in [0.25, 0.3) is 0 Å². The summed E-state index contributed by atoms with van der Waals surface area (Å²) in [6, 6.07) is 19.8. The lowest BCUT2D eigenvalue weighted by molar-refractivity contribution is -0.572. The predicted octanol–water partition coefficient (Wildman–Crippen LogP) is 4.31. The van der Waals surface area contributed by atoms with E-state index in [1.165, 1.54) is 18.2 Å². The smallest absolute Gasteiger partial charge is 0.403 e. The summed E-state index contributed by atoms with van der Waals surface area (Å²) in [4.78, 5) is 20.5. The molecular weight excluding hydrogens is 345 g/mol. The fourth-order valence-corrected chi connectivity index (χ4v) is 3.29. The molecule has 1 N–H and O–H groups in total. The van der Waals surface area contributed by atoms with Gasteiger partial charge in [-0.1, -0.05) is 54.6 Å². The molecule has 0 spiro atoms. The van der Waals surface area contributed by atoms with Crippen molar-refractivity contribution in [3.05, 3.63) is 88.5 Å². The Kier molecular flexibility index (Phi) is 4.81. The lowest BCUT2D eigenvalue weighted by Crippen LogP contribution is -2.14. The molecule has 0 saturated heterocycles. The van der Waals surface area contributed by atoms with Gasteiger partial charge >= 0.3 is 14.1 Å². The molecule has 2 unspecified atom stereocenters. The topological polar surface area (TPSA) is 98.9 Å². The van der Waals surface area contributed by atoms with E-state index in [9.17, 15) is 19.6 Å². The Hall–Kier alpha value is -2.73. The van der Waals surface area contributed by atoms with Crippen molar-refractivity contribution in [3.8, 4) is 5.75 Å². The molecule has 0 bridgehead atoms. The van der Waals surface area contributed by atoms with E-state index in [-0.39, 0.29) is 11.3 Å². The first-order valence-corrected chi connectivity index (χ1v) is 8.83. The third-order valence-corrected chi connectivity index (χ3v) is 4.37. The molecule has 2 atom stereocenters. The number of phosphoric ester groups is 1. The van der Waals surface area contributed by atoms with Gasteiger partial charge in [-0.15, -0.1) is 0 Å². The van der Waals surface area contributed by atoms with Gasteiger partial charge in [0.15, 0.2) is 0 Å². The molecule has 0 radical (unpaired) electrons. The number of rotatable bonds is 6. The van der Waals surface area contributed by atoms with Crippen molar-refractivity contribution < 1.29 is 23.4 Å². The van der Waals surface area contributed by atoms with Crippen LogP contribution in [0.4, 0.5) is 0 Å². The molecule has 7 nitrogen and oxygen atoms in total. The Morgan fingerprint density at radius 1 is 0.960 bits per heavy atom. The van der Waals surface area contributed by atoms with Crippen molar-refractivity contribution in [3.63, 3.8) is 0 Å². The fourth-order valence-electron chi connectivity index (χ4n) is 2.39. The summed E-state index contributed by atoms with van der Waals surface area (Å²) < 4.78 is 22.3. The minimum Gasteiger partial charge on any atom is -0.403 e. The Morgan fingerprint density at radius 3 is 2.32 bits per heavy atom. The van der Waals surface area contributed by atoms with Crippen LogP contribution in [0.3, 0.4) is 0 Å². The maximum atomic E-state index is 12.3. The van der Waals surface area contributed by atoms with Crippen LogP contribution in [0.15, 0.2) is 72.8 Å². The first-order chi connectivity index (χ1) is 12.0.